The van der Waals surface area contributed by atoms with E-state index in [-0.39, 0.29) is 16.9 Å². The lowest BCUT2D eigenvalue weighted by Crippen LogP contribution is -2.32. The maximum Gasteiger partial charge on any atom is 0.243 e. The third-order valence-electron chi connectivity index (χ3n) is 5.43. The van der Waals surface area contributed by atoms with Crippen LogP contribution in [0.25, 0.3) is 11.0 Å². The number of nitrogens with zero attached hydrogens (tertiary/aromatic N) is 3. The van der Waals surface area contributed by atoms with Crippen LogP contribution in [-0.4, -0.2) is 60.5 Å². The summed E-state index contributed by atoms with van der Waals surface area (Å²) in [5.41, 5.74) is 1.45. The summed E-state index contributed by atoms with van der Waals surface area (Å²) in [7, 11) is -3.45. The first-order chi connectivity index (χ1) is 13.5. The van der Waals surface area contributed by atoms with Crippen LogP contribution in [-0.2, 0) is 26.1 Å². The summed E-state index contributed by atoms with van der Waals surface area (Å²) in [5, 5.41) is 2.91. The lowest BCUT2D eigenvalue weighted by atomic mass is 10.2. The minimum atomic E-state index is -3.45. The van der Waals surface area contributed by atoms with Crippen molar-refractivity contribution in [3.63, 3.8) is 0 Å². The fourth-order valence-electron chi connectivity index (χ4n) is 3.80. The summed E-state index contributed by atoms with van der Waals surface area (Å²) in [6, 6.07) is 5.03. The largest absolute Gasteiger partial charge is 0.376 e. The van der Waals surface area contributed by atoms with Gasteiger partial charge in [-0.15, -0.1) is 0 Å². The van der Waals surface area contributed by atoms with E-state index in [4.69, 9.17) is 4.74 Å². The monoisotopic (exact) mass is 406 g/mol. The second-order valence-corrected chi connectivity index (χ2v) is 9.33. The highest BCUT2D eigenvalue weighted by Crippen LogP contribution is 2.24. The van der Waals surface area contributed by atoms with Crippen LogP contribution in [0, 0.1) is 0 Å². The van der Waals surface area contributed by atoms with E-state index in [0.29, 0.717) is 38.1 Å². The number of aryl methyl sites for hydroxylation is 1. The van der Waals surface area contributed by atoms with Gasteiger partial charge in [-0.05, 0) is 43.9 Å². The Balaban J connectivity index is 1.39. The number of imidazole rings is 1. The molecule has 28 heavy (non-hydrogen) atoms. The van der Waals surface area contributed by atoms with Crippen LogP contribution in [0.5, 0.6) is 0 Å². The predicted molar refractivity (Wildman–Crippen MR) is 104 cm³/mol. The van der Waals surface area contributed by atoms with E-state index in [1.807, 2.05) is 4.57 Å². The highest BCUT2D eigenvalue weighted by molar-refractivity contribution is 7.89. The van der Waals surface area contributed by atoms with Gasteiger partial charge in [0, 0.05) is 39.2 Å². The number of hydrogen-bond acceptors (Lipinski definition) is 5. The van der Waals surface area contributed by atoms with Crippen LogP contribution in [0.3, 0.4) is 0 Å². The first kappa shape index (κ1) is 19.4. The number of rotatable bonds is 7. The first-order valence-corrected chi connectivity index (χ1v) is 11.3. The summed E-state index contributed by atoms with van der Waals surface area (Å²) in [5.74, 6) is -0.0226. The highest BCUT2D eigenvalue weighted by Gasteiger charge is 2.27. The number of benzene rings is 1. The van der Waals surface area contributed by atoms with Crippen LogP contribution < -0.4 is 5.32 Å². The summed E-state index contributed by atoms with van der Waals surface area (Å²) in [6.07, 6.45) is 5.99. The average Bonchev–Trinajstić information content (AvgIpc) is 3.46. The third kappa shape index (κ3) is 4.06. The zero-order chi connectivity index (χ0) is 19.6. The second-order valence-electron chi connectivity index (χ2n) is 7.39. The molecule has 152 valence electrons. The molecule has 2 aromatic rings. The molecule has 4 rings (SSSR count). The quantitative estimate of drug-likeness (QED) is 0.752. The molecule has 1 atom stereocenters. The van der Waals surface area contributed by atoms with Gasteiger partial charge in [-0.3, -0.25) is 4.79 Å². The molecule has 0 saturated carbocycles. The normalized spacial score (nSPS) is 20.8. The summed E-state index contributed by atoms with van der Waals surface area (Å²) >= 11 is 0. The molecule has 1 amide bonds. The van der Waals surface area contributed by atoms with Crippen molar-refractivity contribution in [1.82, 2.24) is 19.2 Å². The van der Waals surface area contributed by atoms with Crippen molar-refractivity contribution >= 4 is 27.0 Å². The molecule has 2 aliphatic heterocycles. The van der Waals surface area contributed by atoms with Crippen molar-refractivity contribution < 1.29 is 17.9 Å². The maximum absolute atomic E-state index is 12.7. The van der Waals surface area contributed by atoms with Crippen molar-refractivity contribution in [3.8, 4) is 0 Å². The third-order valence-corrected chi connectivity index (χ3v) is 7.32. The SMILES string of the molecule is O=C(CCn1cnc2cc(S(=O)(=O)N3CCCC3)ccc21)NCC1CCCO1. The van der Waals surface area contributed by atoms with Gasteiger partial charge in [0.05, 0.1) is 28.4 Å². The Morgan fingerprint density at radius 3 is 2.82 bits per heavy atom. The number of amides is 1. The van der Waals surface area contributed by atoms with E-state index in [1.165, 1.54) is 4.31 Å². The Morgan fingerprint density at radius 2 is 2.07 bits per heavy atom. The van der Waals surface area contributed by atoms with Crippen LogP contribution in [0.15, 0.2) is 29.4 Å². The number of hydrogen-bond donors (Lipinski definition) is 1. The van der Waals surface area contributed by atoms with E-state index in [2.05, 4.69) is 10.3 Å². The van der Waals surface area contributed by atoms with E-state index < -0.39 is 10.0 Å². The lowest BCUT2D eigenvalue weighted by molar-refractivity contribution is -0.121. The standard InChI is InChI=1S/C19H26N4O4S/c24-19(20-13-15-4-3-11-27-15)7-10-22-14-21-17-12-16(5-6-18(17)22)28(25,26)23-8-1-2-9-23/h5-6,12,14-15H,1-4,7-11,13H2,(H,20,24). The Labute approximate surface area is 164 Å². The van der Waals surface area contributed by atoms with Crippen LogP contribution in [0.2, 0.25) is 0 Å². The van der Waals surface area contributed by atoms with E-state index in [0.717, 1.165) is 37.8 Å². The maximum atomic E-state index is 12.7. The van der Waals surface area contributed by atoms with Crippen molar-refractivity contribution in [2.45, 2.75) is 49.6 Å². The zero-order valence-electron chi connectivity index (χ0n) is 15.8. The molecule has 0 aliphatic carbocycles. The Kier molecular flexibility index (Phi) is 5.65. The molecule has 9 heteroatoms. The van der Waals surface area contributed by atoms with Gasteiger partial charge in [-0.2, -0.15) is 4.31 Å². The minimum Gasteiger partial charge on any atom is -0.376 e. The molecular weight excluding hydrogens is 380 g/mol. The number of carbonyl (C=O) groups excluding carboxylic acids is 1. The average molecular weight is 407 g/mol. The number of fused-ring (bicyclic) bond motifs is 1. The molecule has 2 aliphatic rings. The van der Waals surface area contributed by atoms with Gasteiger partial charge in [0.25, 0.3) is 0 Å². The molecule has 1 N–H and O–H groups in total. The summed E-state index contributed by atoms with van der Waals surface area (Å²) in [6.45, 7) is 2.98. The smallest absolute Gasteiger partial charge is 0.243 e. The lowest BCUT2D eigenvalue weighted by Gasteiger charge is -2.15. The second kappa shape index (κ2) is 8.18. The number of sulfonamides is 1. The minimum absolute atomic E-state index is 0.0226. The van der Waals surface area contributed by atoms with Crippen molar-refractivity contribution in [1.29, 1.82) is 0 Å². The fourth-order valence-corrected chi connectivity index (χ4v) is 5.34. The molecule has 0 radical (unpaired) electrons. The van der Waals surface area contributed by atoms with Crippen LogP contribution >= 0.6 is 0 Å². The summed E-state index contributed by atoms with van der Waals surface area (Å²) < 4.78 is 34.3. The predicted octanol–water partition coefficient (Wildman–Crippen LogP) is 1.51. The van der Waals surface area contributed by atoms with E-state index in [1.54, 1.807) is 24.5 Å². The first-order valence-electron chi connectivity index (χ1n) is 9.87. The van der Waals surface area contributed by atoms with E-state index in [9.17, 15) is 13.2 Å². The van der Waals surface area contributed by atoms with Crippen LogP contribution in [0.1, 0.15) is 32.1 Å². The Bertz CT molecular complexity index is 944. The highest BCUT2D eigenvalue weighted by atomic mass is 32.2. The number of carbonyl (C=O) groups is 1. The molecular formula is C19H26N4O4S. The topological polar surface area (TPSA) is 93.5 Å². The zero-order valence-corrected chi connectivity index (χ0v) is 16.7. The van der Waals surface area contributed by atoms with Crippen molar-refractivity contribution in [3.05, 3.63) is 24.5 Å². The van der Waals surface area contributed by atoms with Crippen LogP contribution in [0.4, 0.5) is 0 Å². The number of ether oxygens (including phenoxy) is 1. The van der Waals surface area contributed by atoms with Gasteiger partial charge in [-0.1, -0.05) is 0 Å². The molecule has 2 saturated heterocycles. The van der Waals surface area contributed by atoms with Gasteiger partial charge in [0.1, 0.15) is 0 Å². The molecule has 8 nitrogen and oxygen atoms in total. The molecule has 1 aromatic carbocycles. The van der Waals surface area contributed by atoms with Gasteiger partial charge in [-0.25, -0.2) is 13.4 Å². The molecule has 2 fully saturated rings. The van der Waals surface area contributed by atoms with Gasteiger partial charge in [0.2, 0.25) is 15.9 Å². The van der Waals surface area contributed by atoms with Gasteiger partial charge < -0.3 is 14.6 Å². The Hall–Kier alpha value is -1.97. The molecule has 0 spiro atoms. The van der Waals surface area contributed by atoms with Crippen molar-refractivity contribution in [2.75, 3.05) is 26.2 Å². The van der Waals surface area contributed by atoms with Gasteiger partial charge >= 0.3 is 0 Å². The van der Waals surface area contributed by atoms with Crippen molar-refractivity contribution in [2.24, 2.45) is 0 Å². The molecule has 0 bridgehead atoms. The number of nitrogens with one attached hydrogen (secondary N) is 1. The molecule has 3 heterocycles. The van der Waals surface area contributed by atoms with Gasteiger partial charge in [0.15, 0.2) is 0 Å². The molecule has 1 unspecified atom stereocenters. The summed E-state index contributed by atoms with van der Waals surface area (Å²) in [4.78, 5) is 16.7. The van der Waals surface area contributed by atoms with E-state index >= 15 is 0 Å². The molecule has 1 aromatic heterocycles. The Morgan fingerprint density at radius 1 is 1.25 bits per heavy atom. The fraction of sp³-hybridized carbons (Fsp3) is 0.579. The number of aromatic nitrogens is 2.